The van der Waals surface area contributed by atoms with Crippen LogP contribution < -0.4 is 5.32 Å². The van der Waals surface area contributed by atoms with E-state index in [1.165, 1.54) is 64.6 Å². The fourth-order valence-electron chi connectivity index (χ4n) is 3.36. The Labute approximate surface area is 140 Å². The number of hydrogen-bond acceptors (Lipinski definition) is 3. The van der Waals surface area contributed by atoms with Crippen LogP contribution in [0.3, 0.4) is 0 Å². The van der Waals surface area contributed by atoms with E-state index in [1.54, 1.807) is 6.20 Å². The van der Waals surface area contributed by atoms with E-state index in [0.29, 0.717) is 12.2 Å². The molecule has 1 N–H and O–H groups in total. The number of nitrogens with zero attached hydrogens (tertiary/aromatic N) is 1. The van der Waals surface area contributed by atoms with Crippen molar-refractivity contribution in [2.75, 3.05) is 26.2 Å². The zero-order valence-electron chi connectivity index (χ0n) is 15.2. The summed E-state index contributed by atoms with van der Waals surface area (Å²) in [6, 6.07) is 0. The molecule has 1 saturated heterocycles. The van der Waals surface area contributed by atoms with Crippen LogP contribution in [0.25, 0.3) is 0 Å². The van der Waals surface area contributed by atoms with Gasteiger partial charge in [0.1, 0.15) is 0 Å². The Balaban J connectivity index is 0.000000709. The highest BCUT2D eigenvalue weighted by Gasteiger charge is 2.23. The monoisotopic (exact) mass is 312 g/mol. The minimum atomic E-state index is 0. The molecule has 0 amide bonds. The van der Waals surface area contributed by atoms with Crippen molar-refractivity contribution in [3.63, 3.8) is 0 Å². The minimum Gasteiger partial charge on any atom is -0.392 e. The van der Waals surface area contributed by atoms with E-state index < -0.39 is 0 Å². The first-order valence-corrected chi connectivity index (χ1v) is 9.37. The normalized spacial score (nSPS) is 21.3. The molecule has 2 aliphatic rings. The van der Waals surface area contributed by atoms with Crippen LogP contribution in [0.1, 0.15) is 67.1 Å². The van der Waals surface area contributed by atoms with E-state index in [2.05, 4.69) is 30.6 Å². The smallest absolute Gasteiger partial charge is 0.0603 e. The van der Waals surface area contributed by atoms with Crippen LogP contribution >= 0.6 is 0 Å². The molecule has 1 saturated carbocycles. The molecule has 0 bridgehead atoms. The zero-order valence-corrected chi connectivity index (χ0v) is 15.2. The topological polar surface area (TPSA) is 24.5 Å². The molecule has 0 aromatic carbocycles. The molecule has 0 aromatic rings. The molecule has 2 fully saturated rings. The Hall–Kier alpha value is -0.540. The third kappa shape index (κ3) is 8.79. The summed E-state index contributed by atoms with van der Waals surface area (Å²) in [6.07, 6.45) is 12.2. The summed E-state index contributed by atoms with van der Waals surface area (Å²) in [5.41, 5.74) is 0. The summed E-state index contributed by atoms with van der Waals surface area (Å²) in [5, 5.41) is 2.88. The lowest BCUT2D eigenvalue weighted by atomic mass is 9.97. The SMILES string of the molecule is C=CNCC.CC(C)CN1CCC(OC2CCCCC2)CC1.[HH]. The van der Waals surface area contributed by atoms with Crippen molar-refractivity contribution in [1.82, 2.24) is 10.2 Å². The van der Waals surface area contributed by atoms with Gasteiger partial charge in [-0.25, -0.2) is 0 Å². The summed E-state index contributed by atoms with van der Waals surface area (Å²) in [6.45, 7) is 14.8. The first kappa shape index (κ1) is 19.5. The van der Waals surface area contributed by atoms with Gasteiger partial charge < -0.3 is 15.0 Å². The third-order valence-electron chi connectivity index (χ3n) is 4.44. The van der Waals surface area contributed by atoms with Gasteiger partial charge in [0, 0.05) is 27.6 Å². The molecule has 1 heterocycles. The number of hydrogen-bond donors (Lipinski definition) is 1. The summed E-state index contributed by atoms with van der Waals surface area (Å²) in [5.74, 6) is 0.797. The Morgan fingerprint density at radius 2 is 1.73 bits per heavy atom. The minimum absolute atomic E-state index is 0. The quantitative estimate of drug-likeness (QED) is 0.784. The molecule has 22 heavy (non-hydrogen) atoms. The van der Waals surface area contributed by atoms with E-state index in [4.69, 9.17) is 4.74 Å². The van der Waals surface area contributed by atoms with Gasteiger partial charge in [0.2, 0.25) is 0 Å². The van der Waals surface area contributed by atoms with Crippen LogP contribution in [-0.2, 0) is 4.74 Å². The maximum absolute atomic E-state index is 6.26. The van der Waals surface area contributed by atoms with Crippen molar-refractivity contribution >= 4 is 0 Å². The molecule has 1 aliphatic heterocycles. The van der Waals surface area contributed by atoms with Gasteiger partial charge in [-0.05, 0) is 44.7 Å². The van der Waals surface area contributed by atoms with Crippen LogP contribution in [0.15, 0.2) is 12.8 Å². The predicted molar refractivity (Wildman–Crippen MR) is 98.2 cm³/mol. The average molecular weight is 313 g/mol. The van der Waals surface area contributed by atoms with E-state index in [0.717, 1.165) is 12.5 Å². The molecule has 3 nitrogen and oxygen atoms in total. The van der Waals surface area contributed by atoms with Gasteiger partial charge in [-0.15, -0.1) is 0 Å². The molecule has 0 radical (unpaired) electrons. The molecule has 0 aromatic heterocycles. The second-order valence-corrected chi connectivity index (χ2v) is 7.05. The largest absolute Gasteiger partial charge is 0.392 e. The highest BCUT2D eigenvalue weighted by Crippen LogP contribution is 2.24. The fraction of sp³-hybridized carbons (Fsp3) is 0.895. The second kappa shape index (κ2) is 12.0. The van der Waals surface area contributed by atoms with E-state index in [1.807, 2.05) is 6.92 Å². The van der Waals surface area contributed by atoms with Crippen LogP contribution in [0.2, 0.25) is 0 Å². The molecule has 0 unspecified atom stereocenters. The molecule has 3 heteroatoms. The first-order chi connectivity index (χ1) is 10.7. The highest BCUT2D eigenvalue weighted by molar-refractivity contribution is 4.75. The molecule has 0 atom stereocenters. The zero-order chi connectivity index (χ0) is 16.2. The second-order valence-electron chi connectivity index (χ2n) is 7.05. The van der Waals surface area contributed by atoms with Crippen molar-refractivity contribution < 1.29 is 6.16 Å². The molecular formula is C19H40N2O. The lowest BCUT2D eigenvalue weighted by Crippen LogP contribution is -2.40. The first-order valence-electron chi connectivity index (χ1n) is 9.37. The van der Waals surface area contributed by atoms with E-state index >= 15 is 0 Å². The maximum Gasteiger partial charge on any atom is 0.0603 e. The van der Waals surface area contributed by atoms with Crippen molar-refractivity contribution in [1.29, 1.82) is 0 Å². The summed E-state index contributed by atoms with van der Waals surface area (Å²) >= 11 is 0. The maximum atomic E-state index is 6.26. The van der Waals surface area contributed by atoms with Gasteiger partial charge >= 0.3 is 0 Å². The number of piperidine rings is 1. The van der Waals surface area contributed by atoms with Gasteiger partial charge in [-0.1, -0.05) is 39.7 Å². The summed E-state index contributed by atoms with van der Waals surface area (Å²) < 4.78 is 6.26. The number of likely N-dealkylation sites (tertiary alicyclic amines) is 1. The van der Waals surface area contributed by atoms with Crippen LogP contribution in [0.4, 0.5) is 0 Å². The van der Waals surface area contributed by atoms with Gasteiger partial charge in [0.15, 0.2) is 0 Å². The van der Waals surface area contributed by atoms with Crippen LogP contribution in [-0.4, -0.2) is 43.3 Å². The van der Waals surface area contributed by atoms with Gasteiger partial charge in [-0.2, -0.15) is 0 Å². The van der Waals surface area contributed by atoms with Crippen LogP contribution in [0.5, 0.6) is 0 Å². The van der Waals surface area contributed by atoms with Crippen molar-refractivity contribution in [3.05, 3.63) is 12.8 Å². The van der Waals surface area contributed by atoms with Gasteiger partial charge in [-0.3, -0.25) is 0 Å². The molecular weight excluding hydrogens is 272 g/mol. The molecule has 1 aliphatic carbocycles. The van der Waals surface area contributed by atoms with Crippen molar-refractivity contribution in [2.45, 2.75) is 77.9 Å². The number of rotatable bonds is 6. The number of nitrogens with one attached hydrogen (secondary N) is 1. The Morgan fingerprint density at radius 3 is 2.18 bits per heavy atom. The Morgan fingerprint density at radius 1 is 1.14 bits per heavy atom. The third-order valence-corrected chi connectivity index (χ3v) is 4.44. The fourth-order valence-corrected chi connectivity index (χ4v) is 3.36. The van der Waals surface area contributed by atoms with Crippen molar-refractivity contribution in [3.8, 4) is 0 Å². The molecule has 2 rings (SSSR count). The Kier molecular flexibility index (Phi) is 10.6. The van der Waals surface area contributed by atoms with Crippen molar-refractivity contribution in [2.24, 2.45) is 5.92 Å². The lowest BCUT2D eigenvalue weighted by molar-refractivity contribution is -0.0566. The summed E-state index contributed by atoms with van der Waals surface area (Å²) in [7, 11) is 0. The van der Waals surface area contributed by atoms with Gasteiger partial charge in [0.25, 0.3) is 0 Å². The number of ether oxygens (including phenoxy) is 1. The highest BCUT2D eigenvalue weighted by atomic mass is 16.5. The van der Waals surface area contributed by atoms with Crippen LogP contribution in [0, 0.1) is 5.92 Å². The lowest BCUT2D eigenvalue weighted by Gasteiger charge is -2.35. The molecule has 132 valence electrons. The van der Waals surface area contributed by atoms with E-state index in [9.17, 15) is 0 Å². The Bertz CT molecular complexity index is 273. The predicted octanol–water partition coefficient (Wildman–Crippen LogP) is 4.44. The standard InChI is InChI=1S/C15H29NO.C4H9N.H2/c1-13(2)12-16-10-8-15(9-11-16)17-14-6-4-3-5-7-14;1-3-5-4-2;/h13-15H,3-12H2,1-2H3;3,5H,1,4H2,2H3;1H. The molecule has 0 spiro atoms. The van der Waals surface area contributed by atoms with Gasteiger partial charge in [0.05, 0.1) is 12.2 Å². The van der Waals surface area contributed by atoms with E-state index in [-0.39, 0.29) is 1.43 Å². The average Bonchev–Trinajstić information content (AvgIpc) is 2.51. The summed E-state index contributed by atoms with van der Waals surface area (Å²) in [4.78, 5) is 2.60.